The van der Waals surface area contributed by atoms with E-state index in [4.69, 9.17) is 9.15 Å². The van der Waals surface area contributed by atoms with E-state index in [0.717, 1.165) is 10.2 Å². The molecule has 0 aliphatic carbocycles. The summed E-state index contributed by atoms with van der Waals surface area (Å²) in [4.78, 5) is 12.1. The van der Waals surface area contributed by atoms with Crippen molar-refractivity contribution in [3.8, 4) is 17.5 Å². The first-order chi connectivity index (χ1) is 13.0. The maximum Gasteiger partial charge on any atom is 0.444 e. The van der Waals surface area contributed by atoms with E-state index < -0.39 is 11.6 Å². The van der Waals surface area contributed by atoms with Crippen LogP contribution in [-0.4, -0.2) is 9.78 Å². The topological polar surface area (TPSA) is 57.3 Å². The van der Waals surface area contributed by atoms with Crippen molar-refractivity contribution in [2.75, 3.05) is 0 Å². The van der Waals surface area contributed by atoms with Crippen molar-refractivity contribution in [3.05, 3.63) is 70.0 Å². The standard InChI is InChI=1S/C22H25FN2O3/c1-21(2,3)14-11-12-18(15(13-14)22(4,5)6)27-19-24-25(20(26)28-19)17-10-8-7-9-16(17)23/h7-13H,1-6H3. The summed E-state index contributed by atoms with van der Waals surface area (Å²) in [7, 11) is 0. The van der Waals surface area contributed by atoms with E-state index in [9.17, 15) is 9.18 Å². The smallest absolute Gasteiger partial charge is 0.409 e. The molecule has 28 heavy (non-hydrogen) atoms. The minimum atomic E-state index is -0.816. The summed E-state index contributed by atoms with van der Waals surface area (Å²) in [5, 5.41) is 4.01. The molecule has 0 spiro atoms. The van der Waals surface area contributed by atoms with Gasteiger partial charge in [-0.25, -0.2) is 9.18 Å². The number of halogens is 1. The van der Waals surface area contributed by atoms with Crippen molar-refractivity contribution >= 4 is 0 Å². The van der Waals surface area contributed by atoms with Gasteiger partial charge in [-0.15, -0.1) is 0 Å². The Labute approximate surface area is 163 Å². The van der Waals surface area contributed by atoms with Crippen LogP contribution in [0.2, 0.25) is 0 Å². The van der Waals surface area contributed by atoms with Crippen molar-refractivity contribution < 1.29 is 13.5 Å². The SMILES string of the molecule is CC(C)(C)c1ccc(Oc2nn(-c3ccccc3F)c(=O)o2)c(C(C)(C)C)c1. The molecule has 0 radical (unpaired) electrons. The lowest BCUT2D eigenvalue weighted by atomic mass is 9.80. The van der Waals surface area contributed by atoms with Crippen LogP contribution in [0.5, 0.6) is 11.8 Å². The number of benzene rings is 2. The van der Waals surface area contributed by atoms with E-state index in [2.05, 4.69) is 52.7 Å². The molecule has 0 saturated carbocycles. The lowest BCUT2D eigenvalue weighted by Crippen LogP contribution is -2.17. The van der Waals surface area contributed by atoms with Crippen LogP contribution in [0.25, 0.3) is 5.69 Å². The zero-order valence-corrected chi connectivity index (χ0v) is 17.0. The molecule has 0 atom stereocenters. The Hall–Kier alpha value is -2.89. The van der Waals surface area contributed by atoms with Crippen molar-refractivity contribution in [1.29, 1.82) is 0 Å². The minimum absolute atomic E-state index is 0.00484. The molecule has 148 valence electrons. The fraction of sp³-hybridized carbons (Fsp3) is 0.364. The van der Waals surface area contributed by atoms with E-state index >= 15 is 0 Å². The monoisotopic (exact) mass is 384 g/mol. The number of hydrogen-bond acceptors (Lipinski definition) is 4. The van der Waals surface area contributed by atoms with Crippen molar-refractivity contribution in [3.63, 3.8) is 0 Å². The van der Waals surface area contributed by atoms with E-state index in [1.165, 1.54) is 23.8 Å². The molecule has 2 aromatic carbocycles. The first-order valence-electron chi connectivity index (χ1n) is 9.15. The molecule has 5 nitrogen and oxygen atoms in total. The first-order valence-corrected chi connectivity index (χ1v) is 9.15. The molecule has 1 aromatic heterocycles. The second kappa shape index (κ2) is 6.93. The van der Waals surface area contributed by atoms with Crippen LogP contribution in [0.4, 0.5) is 4.39 Å². The van der Waals surface area contributed by atoms with Crippen LogP contribution >= 0.6 is 0 Å². The Morgan fingerprint density at radius 2 is 1.68 bits per heavy atom. The van der Waals surface area contributed by atoms with E-state index in [1.807, 2.05) is 12.1 Å². The Morgan fingerprint density at radius 1 is 1.00 bits per heavy atom. The van der Waals surface area contributed by atoms with Crippen LogP contribution in [0.3, 0.4) is 0 Å². The van der Waals surface area contributed by atoms with Gasteiger partial charge in [-0.3, -0.25) is 0 Å². The predicted octanol–water partition coefficient (Wildman–Crippen LogP) is 5.35. The second-order valence-electron chi connectivity index (χ2n) is 8.81. The highest BCUT2D eigenvalue weighted by molar-refractivity contribution is 5.44. The van der Waals surface area contributed by atoms with Crippen molar-refractivity contribution in [2.45, 2.75) is 52.4 Å². The van der Waals surface area contributed by atoms with Gasteiger partial charge in [0.15, 0.2) is 0 Å². The molecule has 6 heteroatoms. The number of aromatic nitrogens is 2. The van der Waals surface area contributed by atoms with Gasteiger partial charge in [0.25, 0.3) is 0 Å². The maximum atomic E-state index is 14.0. The predicted molar refractivity (Wildman–Crippen MR) is 106 cm³/mol. The summed E-state index contributed by atoms with van der Waals surface area (Å²) in [6.07, 6.45) is -0.234. The van der Waals surface area contributed by atoms with Gasteiger partial charge >= 0.3 is 11.8 Å². The third kappa shape index (κ3) is 4.01. The van der Waals surface area contributed by atoms with Gasteiger partial charge in [-0.1, -0.05) is 70.9 Å². The fourth-order valence-electron chi connectivity index (χ4n) is 2.84. The molecule has 0 saturated heterocycles. The Balaban J connectivity index is 2.02. The van der Waals surface area contributed by atoms with Crippen molar-refractivity contribution in [1.82, 2.24) is 9.78 Å². The highest BCUT2D eigenvalue weighted by Crippen LogP contribution is 2.37. The van der Waals surface area contributed by atoms with Gasteiger partial charge in [0.1, 0.15) is 17.3 Å². The Bertz CT molecular complexity index is 1050. The minimum Gasteiger partial charge on any atom is -0.409 e. The lowest BCUT2D eigenvalue weighted by molar-refractivity contribution is 0.314. The Kier molecular flexibility index (Phi) is 4.91. The zero-order valence-electron chi connectivity index (χ0n) is 17.0. The number of nitrogens with zero attached hydrogens (tertiary/aromatic N) is 2. The lowest BCUT2D eigenvalue weighted by Gasteiger charge is -2.26. The summed E-state index contributed by atoms with van der Waals surface area (Å²) < 4.78 is 25.7. The summed E-state index contributed by atoms with van der Waals surface area (Å²) in [6.45, 7) is 12.7. The third-order valence-electron chi connectivity index (χ3n) is 4.46. The van der Waals surface area contributed by atoms with E-state index in [-0.39, 0.29) is 22.6 Å². The fourth-order valence-corrected chi connectivity index (χ4v) is 2.84. The largest absolute Gasteiger partial charge is 0.444 e. The van der Waals surface area contributed by atoms with Crippen LogP contribution < -0.4 is 10.5 Å². The van der Waals surface area contributed by atoms with E-state index in [1.54, 1.807) is 6.07 Å². The molecular formula is C22H25FN2O3. The summed E-state index contributed by atoms with van der Waals surface area (Å²) in [5.74, 6) is -0.847. The second-order valence-corrected chi connectivity index (χ2v) is 8.81. The molecule has 0 amide bonds. The first kappa shape index (κ1) is 19.9. The van der Waals surface area contributed by atoms with Crippen LogP contribution in [0.15, 0.2) is 51.7 Å². The molecule has 0 aliphatic rings. The molecule has 0 bridgehead atoms. The highest BCUT2D eigenvalue weighted by Gasteiger charge is 2.25. The van der Waals surface area contributed by atoms with Crippen LogP contribution in [0, 0.1) is 5.82 Å². The molecule has 0 aliphatic heterocycles. The van der Waals surface area contributed by atoms with Crippen molar-refractivity contribution in [2.24, 2.45) is 0 Å². The summed E-state index contributed by atoms with van der Waals surface area (Å²) in [6, 6.07) is 11.8. The Morgan fingerprint density at radius 3 is 2.29 bits per heavy atom. The third-order valence-corrected chi connectivity index (χ3v) is 4.46. The highest BCUT2D eigenvalue weighted by atomic mass is 19.1. The van der Waals surface area contributed by atoms with Gasteiger partial charge in [-0.05, 0) is 34.6 Å². The average Bonchev–Trinajstić information content (AvgIpc) is 2.94. The van der Waals surface area contributed by atoms with E-state index in [0.29, 0.717) is 5.75 Å². The molecule has 3 aromatic rings. The number of rotatable bonds is 3. The zero-order chi connectivity index (χ0) is 20.7. The normalized spacial score (nSPS) is 12.2. The average molecular weight is 384 g/mol. The number of ether oxygens (including phenoxy) is 1. The molecular weight excluding hydrogens is 359 g/mol. The van der Waals surface area contributed by atoms with Gasteiger partial charge in [0.05, 0.1) is 0 Å². The number of para-hydroxylation sites is 1. The quantitative estimate of drug-likeness (QED) is 0.611. The molecule has 0 N–H and O–H groups in total. The van der Waals surface area contributed by atoms with Gasteiger partial charge in [0, 0.05) is 5.56 Å². The van der Waals surface area contributed by atoms with Gasteiger partial charge in [0.2, 0.25) is 0 Å². The maximum absolute atomic E-state index is 14.0. The molecule has 0 fully saturated rings. The van der Waals surface area contributed by atoms with Crippen LogP contribution in [-0.2, 0) is 10.8 Å². The summed E-state index contributed by atoms with van der Waals surface area (Å²) in [5.41, 5.74) is 1.92. The van der Waals surface area contributed by atoms with Gasteiger partial charge in [-0.2, -0.15) is 4.68 Å². The molecule has 1 heterocycles. The van der Waals surface area contributed by atoms with Crippen LogP contribution in [0.1, 0.15) is 52.7 Å². The molecule has 0 unspecified atom stereocenters. The van der Waals surface area contributed by atoms with Gasteiger partial charge < -0.3 is 9.15 Å². The number of hydrogen-bond donors (Lipinski definition) is 0. The summed E-state index contributed by atoms with van der Waals surface area (Å²) >= 11 is 0. The molecule has 3 rings (SSSR count).